The van der Waals surface area contributed by atoms with Crippen molar-refractivity contribution in [1.82, 2.24) is 34.6 Å². The number of carboxylic acid groups (broad SMARTS) is 2. The maximum atomic E-state index is 14.9. The van der Waals surface area contributed by atoms with Gasteiger partial charge >= 0.3 is 29.9 Å². The van der Waals surface area contributed by atoms with Gasteiger partial charge in [-0.05, 0) is 93.3 Å². The fourth-order valence-electron chi connectivity index (χ4n) is 8.75. The van der Waals surface area contributed by atoms with Crippen molar-refractivity contribution in [2.24, 2.45) is 0 Å². The molecule has 2 aliphatic heterocycles. The SMILES string of the molecule is CC(C)(C)c1c(NC(=O)C(Cc2ccc(NC(=O)N3CCC[C@H]3CO)cc2)N2CCN(c3cc(Cl)ccc3-n3cnnn3)C(=O)C2=O)ccc2c1c(C(C)(C)C)c(C(=O)O)n2C(=O)O. The van der Waals surface area contributed by atoms with Crippen LogP contribution >= 0.6 is 11.6 Å². The number of hydrogen-bond donors (Lipinski definition) is 5. The number of aromatic carboxylic acids is 1. The first kappa shape index (κ1) is 45.2. The van der Waals surface area contributed by atoms with Crippen LogP contribution in [0.1, 0.15) is 81.6 Å². The van der Waals surface area contributed by atoms with Crippen molar-refractivity contribution in [2.75, 3.05) is 41.8 Å². The van der Waals surface area contributed by atoms with Crippen LogP contribution in [-0.4, -0.2) is 124 Å². The monoisotopic (exact) mass is 896 g/mol. The summed E-state index contributed by atoms with van der Waals surface area (Å²) in [6.45, 7) is 11.1. The number of carboxylic acids is 1. The van der Waals surface area contributed by atoms with Gasteiger partial charge in [-0.15, -0.1) is 5.10 Å². The van der Waals surface area contributed by atoms with Gasteiger partial charge in [0, 0.05) is 47.8 Å². The number of carbonyl (C=O) groups excluding carboxylic acids is 4. The Morgan fingerprint density at radius 1 is 0.859 bits per heavy atom. The second-order valence-corrected chi connectivity index (χ2v) is 18.3. The fourth-order valence-corrected chi connectivity index (χ4v) is 8.91. The van der Waals surface area contributed by atoms with E-state index in [1.807, 2.05) is 20.8 Å². The first-order chi connectivity index (χ1) is 30.2. The highest BCUT2D eigenvalue weighted by Crippen LogP contribution is 2.44. The molecule has 0 saturated carbocycles. The molecule has 0 spiro atoms. The van der Waals surface area contributed by atoms with E-state index in [0.29, 0.717) is 40.9 Å². The lowest BCUT2D eigenvalue weighted by Gasteiger charge is -2.38. The number of piperazine rings is 1. The molecule has 0 bridgehead atoms. The Hall–Kier alpha value is -6.86. The lowest BCUT2D eigenvalue weighted by Crippen LogP contribution is -2.60. The Morgan fingerprint density at radius 2 is 1.56 bits per heavy atom. The molecule has 2 aromatic heterocycles. The molecule has 4 heterocycles. The summed E-state index contributed by atoms with van der Waals surface area (Å²) in [4.78, 5) is 86.0. The van der Waals surface area contributed by atoms with E-state index in [0.717, 1.165) is 11.0 Å². The van der Waals surface area contributed by atoms with E-state index in [1.165, 1.54) is 39.0 Å². The Kier molecular flexibility index (Phi) is 12.3. The van der Waals surface area contributed by atoms with Gasteiger partial charge in [-0.2, -0.15) is 4.68 Å². The van der Waals surface area contributed by atoms with Crippen LogP contribution in [0.15, 0.2) is 60.9 Å². The third kappa shape index (κ3) is 8.59. The summed E-state index contributed by atoms with van der Waals surface area (Å²) in [5.41, 5.74) is 0.691. The van der Waals surface area contributed by atoms with Crippen LogP contribution in [0.3, 0.4) is 0 Å². The van der Waals surface area contributed by atoms with E-state index in [9.17, 15) is 44.1 Å². The van der Waals surface area contributed by atoms with E-state index in [2.05, 4.69) is 26.2 Å². The lowest BCUT2D eigenvalue weighted by atomic mass is 9.77. The highest BCUT2D eigenvalue weighted by molar-refractivity contribution is 6.41. The normalized spacial score (nSPS) is 16.4. The van der Waals surface area contributed by atoms with Gasteiger partial charge in [0.2, 0.25) is 5.91 Å². The number of likely N-dealkylation sites (tertiary alicyclic amines) is 1. The summed E-state index contributed by atoms with van der Waals surface area (Å²) < 4.78 is 2.07. The number of hydrogen-bond acceptors (Lipinski definition) is 10. The van der Waals surface area contributed by atoms with E-state index in [1.54, 1.807) is 62.1 Å². The predicted molar refractivity (Wildman–Crippen MR) is 236 cm³/mol. The molecule has 2 aliphatic rings. The van der Waals surface area contributed by atoms with E-state index < -0.39 is 52.3 Å². The van der Waals surface area contributed by atoms with Crippen LogP contribution in [0.2, 0.25) is 5.02 Å². The number of fused-ring (bicyclic) bond motifs is 1. The number of aromatic nitrogens is 5. The summed E-state index contributed by atoms with van der Waals surface area (Å²) in [5.74, 6) is -4.03. The summed E-state index contributed by atoms with van der Waals surface area (Å²) in [6.07, 6.45) is 1.23. The van der Waals surface area contributed by atoms with Crippen molar-refractivity contribution in [3.8, 4) is 5.69 Å². The molecule has 0 aliphatic carbocycles. The minimum atomic E-state index is -1.49. The van der Waals surface area contributed by atoms with Gasteiger partial charge in [-0.3, -0.25) is 14.4 Å². The molecule has 0 radical (unpaired) electrons. The molecule has 3 aromatic carbocycles. The van der Waals surface area contributed by atoms with Crippen LogP contribution in [0.5, 0.6) is 0 Å². The molecule has 7 rings (SSSR count). The number of anilines is 3. The van der Waals surface area contributed by atoms with E-state index in [-0.39, 0.29) is 65.7 Å². The van der Waals surface area contributed by atoms with Crippen LogP contribution < -0.4 is 15.5 Å². The number of aliphatic hydroxyl groups excluding tert-OH is 1. The number of urea groups is 1. The number of tetrazole rings is 1. The number of benzene rings is 3. The van der Waals surface area contributed by atoms with Crippen molar-refractivity contribution >= 4 is 75.4 Å². The molecule has 5 N–H and O–H groups in total. The van der Waals surface area contributed by atoms with Gasteiger partial charge < -0.3 is 40.7 Å². The minimum absolute atomic E-state index is 0.0467. The number of carbonyl (C=O) groups is 6. The zero-order chi connectivity index (χ0) is 46.4. The Bertz CT molecular complexity index is 2670. The topological polar surface area (TPSA) is 245 Å². The van der Waals surface area contributed by atoms with Gasteiger partial charge in [0.05, 0.1) is 29.5 Å². The van der Waals surface area contributed by atoms with Crippen molar-refractivity contribution in [2.45, 2.75) is 83.7 Å². The standard InChI is InChI=1S/C44H49ClN10O9/c1-43(2,3)34-28(14-16-30-33(34)35(44(4,5)6)36(40(60)61)55(30)42(63)64)48-37(57)32(20-24-9-12-26(13-10-24)47-41(62)51-17-7-8-27(51)22-56)53-19-18-52(38(58)39(53)59)31-21-25(45)11-15-29(31)54-23-46-49-50-54/h9-16,21,23,27,32,56H,7-8,17-20,22H2,1-6H3,(H,47,62)(H,48,57)(H,60,61)(H,63,64)/t27-,32?/m0/s1. The molecule has 20 heteroatoms. The molecule has 1 unspecified atom stereocenters. The fraction of sp³-hybridized carbons (Fsp3) is 0.386. The second-order valence-electron chi connectivity index (χ2n) is 17.9. The van der Waals surface area contributed by atoms with Crippen LogP contribution in [0.4, 0.5) is 26.7 Å². The first-order valence-corrected chi connectivity index (χ1v) is 21.0. The predicted octanol–water partition coefficient (Wildman–Crippen LogP) is 5.50. The second kappa shape index (κ2) is 17.4. The quantitative estimate of drug-likeness (QED) is 0.109. The van der Waals surface area contributed by atoms with E-state index >= 15 is 0 Å². The first-order valence-electron chi connectivity index (χ1n) is 20.6. The third-order valence-corrected chi connectivity index (χ3v) is 11.8. The molecule has 2 fully saturated rings. The van der Waals surface area contributed by atoms with Gasteiger partial charge in [-0.1, -0.05) is 65.3 Å². The Balaban J connectivity index is 1.28. The smallest absolute Gasteiger partial charge is 0.416 e. The summed E-state index contributed by atoms with van der Waals surface area (Å²) in [6, 6.07) is 12.4. The molecular weight excluding hydrogens is 848 g/mol. The molecule has 336 valence electrons. The molecule has 5 aromatic rings. The van der Waals surface area contributed by atoms with Gasteiger partial charge in [0.15, 0.2) is 0 Å². The highest BCUT2D eigenvalue weighted by atomic mass is 35.5. The Morgan fingerprint density at radius 3 is 2.17 bits per heavy atom. The molecule has 2 atom stereocenters. The summed E-state index contributed by atoms with van der Waals surface area (Å²) in [7, 11) is 0. The molecule has 64 heavy (non-hydrogen) atoms. The Labute approximate surface area is 372 Å². The molecule has 5 amide bonds. The molecule has 19 nitrogen and oxygen atoms in total. The summed E-state index contributed by atoms with van der Waals surface area (Å²) in [5, 5.41) is 48.2. The highest BCUT2D eigenvalue weighted by Gasteiger charge is 2.42. The lowest BCUT2D eigenvalue weighted by molar-refractivity contribution is -0.149. The van der Waals surface area contributed by atoms with Crippen molar-refractivity contribution in [3.63, 3.8) is 0 Å². The largest absolute Gasteiger partial charge is 0.477 e. The average molecular weight is 897 g/mol. The number of halogens is 1. The maximum Gasteiger partial charge on any atom is 0.416 e. The number of nitrogens with one attached hydrogen (secondary N) is 2. The van der Waals surface area contributed by atoms with Crippen molar-refractivity contribution in [1.29, 1.82) is 0 Å². The van der Waals surface area contributed by atoms with E-state index in [4.69, 9.17) is 11.6 Å². The maximum absolute atomic E-state index is 14.9. The van der Waals surface area contributed by atoms with Crippen LogP contribution in [0, 0.1) is 0 Å². The molecule has 2 saturated heterocycles. The molecular formula is C44H49ClN10O9. The number of amides is 5. The van der Waals surface area contributed by atoms with Gasteiger partial charge in [-0.25, -0.2) is 19.0 Å². The van der Waals surface area contributed by atoms with Gasteiger partial charge in [0.1, 0.15) is 18.1 Å². The average Bonchev–Trinajstić information content (AvgIpc) is 4.01. The number of aliphatic hydroxyl groups is 1. The van der Waals surface area contributed by atoms with Crippen molar-refractivity contribution in [3.05, 3.63) is 88.3 Å². The number of nitrogens with zero attached hydrogens (tertiary/aromatic N) is 8. The minimum Gasteiger partial charge on any atom is -0.477 e. The van der Waals surface area contributed by atoms with Gasteiger partial charge in [0.25, 0.3) is 0 Å². The third-order valence-electron chi connectivity index (χ3n) is 11.5. The van der Waals surface area contributed by atoms with Crippen molar-refractivity contribution < 1.29 is 44.1 Å². The van der Waals surface area contributed by atoms with Crippen LogP contribution in [-0.2, 0) is 31.6 Å². The van der Waals surface area contributed by atoms with Crippen LogP contribution in [0.25, 0.3) is 16.6 Å². The zero-order valence-corrected chi connectivity index (χ0v) is 36.9. The summed E-state index contributed by atoms with van der Waals surface area (Å²) >= 11 is 6.37. The zero-order valence-electron chi connectivity index (χ0n) is 36.1. The number of rotatable bonds is 10.